The zero-order chi connectivity index (χ0) is 11.5. The Bertz CT molecular complexity index is 520. The Morgan fingerprint density at radius 3 is 2.44 bits per heavy atom. The van der Waals surface area contributed by atoms with Crippen LogP contribution in [0.25, 0.3) is 0 Å². The molecule has 0 spiro atoms. The monoisotopic (exact) mass is 231 g/mol. The summed E-state index contributed by atoms with van der Waals surface area (Å²) in [4.78, 5) is 16.1. The lowest BCUT2D eigenvalue weighted by atomic mass is 10.0. The summed E-state index contributed by atoms with van der Waals surface area (Å²) < 4.78 is 0. The molecule has 2 nitrogen and oxygen atoms in total. The van der Waals surface area contributed by atoms with Crippen LogP contribution in [0.1, 0.15) is 21.6 Å². The highest BCUT2D eigenvalue weighted by atomic mass is 35.5. The molecule has 3 heteroatoms. The lowest BCUT2D eigenvalue weighted by molar-refractivity contribution is 0.103. The summed E-state index contributed by atoms with van der Waals surface area (Å²) in [6, 6.07) is 10.4. The molecule has 2 rings (SSSR count). The summed E-state index contributed by atoms with van der Waals surface area (Å²) in [5, 5.41) is 0.627. The molecule has 80 valence electrons. The normalized spacial score (nSPS) is 10.1. The van der Waals surface area contributed by atoms with Crippen molar-refractivity contribution in [1.82, 2.24) is 4.98 Å². The van der Waals surface area contributed by atoms with Crippen molar-refractivity contribution in [3.05, 3.63) is 64.4 Å². The lowest BCUT2D eigenvalue weighted by Gasteiger charge is -2.01. The van der Waals surface area contributed by atoms with Gasteiger partial charge in [-0.25, -0.2) is 0 Å². The van der Waals surface area contributed by atoms with Gasteiger partial charge in [0.05, 0.1) is 0 Å². The maximum absolute atomic E-state index is 12.0. The molecule has 16 heavy (non-hydrogen) atoms. The smallest absolute Gasteiger partial charge is 0.193 e. The molecule has 0 aliphatic rings. The summed E-state index contributed by atoms with van der Waals surface area (Å²) in [5.74, 6) is -0.0119. The fourth-order valence-electron chi connectivity index (χ4n) is 1.45. The van der Waals surface area contributed by atoms with Crippen molar-refractivity contribution >= 4 is 17.4 Å². The molecule has 0 aliphatic carbocycles. The third-order valence-corrected chi connectivity index (χ3v) is 2.52. The molecule has 0 radical (unpaired) electrons. The summed E-state index contributed by atoms with van der Waals surface area (Å²) in [5.41, 5.74) is 2.12. The highest BCUT2D eigenvalue weighted by Gasteiger charge is 2.08. The molecule has 0 amide bonds. The van der Waals surface area contributed by atoms with Crippen LogP contribution in [0.3, 0.4) is 0 Å². The van der Waals surface area contributed by atoms with E-state index >= 15 is 0 Å². The highest BCUT2D eigenvalue weighted by molar-refractivity contribution is 6.30. The third-order valence-electron chi connectivity index (χ3n) is 2.27. The van der Waals surface area contributed by atoms with E-state index in [0.29, 0.717) is 16.1 Å². The minimum absolute atomic E-state index is 0.0119. The molecule has 0 saturated heterocycles. The second-order valence-corrected chi connectivity index (χ2v) is 3.96. The van der Waals surface area contributed by atoms with E-state index in [9.17, 15) is 4.79 Å². The SMILES string of the molecule is Cc1cc(C(=O)c2ccc(Cl)cc2)ccn1. The minimum Gasteiger partial charge on any atom is -0.289 e. The predicted molar refractivity (Wildman–Crippen MR) is 63.9 cm³/mol. The van der Waals surface area contributed by atoms with Gasteiger partial charge in [-0.05, 0) is 43.3 Å². The lowest BCUT2D eigenvalue weighted by Crippen LogP contribution is -2.01. The molecule has 0 N–H and O–H groups in total. The highest BCUT2D eigenvalue weighted by Crippen LogP contribution is 2.13. The van der Waals surface area contributed by atoms with Crippen LogP contribution in [-0.2, 0) is 0 Å². The van der Waals surface area contributed by atoms with Crippen molar-refractivity contribution in [2.45, 2.75) is 6.92 Å². The molecule has 1 aromatic heterocycles. The molecule has 0 unspecified atom stereocenters. The van der Waals surface area contributed by atoms with E-state index in [1.54, 1.807) is 42.6 Å². The number of carbonyl (C=O) groups excluding carboxylic acids is 1. The van der Waals surface area contributed by atoms with E-state index in [1.807, 2.05) is 6.92 Å². The van der Waals surface area contributed by atoms with Crippen LogP contribution in [0.15, 0.2) is 42.6 Å². The average Bonchev–Trinajstić information content (AvgIpc) is 2.29. The molecule has 0 bridgehead atoms. The van der Waals surface area contributed by atoms with Crippen molar-refractivity contribution < 1.29 is 4.79 Å². The van der Waals surface area contributed by atoms with Crippen molar-refractivity contribution in [3.8, 4) is 0 Å². The Morgan fingerprint density at radius 2 is 1.81 bits per heavy atom. The number of hydrogen-bond donors (Lipinski definition) is 0. The number of carbonyl (C=O) groups is 1. The maximum Gasteiger partial charge on any atom is 0.193 e. The number of benzene rings is 1. The standard InChI is InChI=1S/C13H10ClNO/c1-9-8-11(6-7-15-9)13(16)10-2-4-12(14)5-3-10/h2-8H,1H3. The van der Waals surface area contributed by atoms with Gasteiger partial charge < -0.3 is 0 Å². The zero-order valence-electron chi connectivity index (χ0n) is 8.77. The summed E-state index contributed by atoms with van der Waals surface area (Å²) in [6.45, 7) is 1.86. The first-order valence-electron chi connectivity index (χ1n) is 4.90. The van der Waals surface area contributed by atoms with Crippen LogP contribution in [0.2, 0.25) is 5.02 Å². The number of nitrogens with zero attached hydrogens (tertiary/aromatic N) is 1. The van der Waals surface area contributed by atoms with E-state index in [1.165, 1.54) is 0 Å². The Morgan fingerprint density at radius 1 is 1.12 bits per heavy atom. The van der Waals surface area contributed by atoms with Gasteiger partial charge in [0, 0.05) is 28.0 Å². The topological polar surface area (TPSA) is 30.0 Å². The van der Waals surface area contributed by atoms with Crippen LogP contribution in [0.5, 0.6) is 0 Å². The zero-order valence-corrected chi connectivity index (χ0v) is 9.53. The van der Waals surface area contributed by atoms with E-state index in [-0.39, 0.29) is 5.78 Å². The molecular formula is C13H10ClNO. The van der Waals surface area contributed by atoms with Gasteiger partial charge in [-0.3, -0.25) is 9.78 Å². The molecular weight excluding hydrogens is 222 g/mol. The summed E-state index contributed by atoms with van der Waals surface area (Å²) in [6.07, 6.45) is 1.64. The first-order chi connectivity index (χ1) is 7.66. The first kappa shape index (κ1) is 10.8. The van der Waals surface area contributed by atoms with Gasteiger partial charge in [0.2, 0.25) is 0 Å². The van der Waals surface area contributed by atoms with Crippen molar-refractivity contribution in [2.75, 3.05) is 0 Å². The van der Waals surface area contributed by atoms with Crippen LogP contribution in [0.4, 0.5) is 0 Å². The number of halogens is 1. The van der Waals surface area contributed by atoms with Gasteiger partial charge in [-0.2, -0.15) is 0 Å². The Balaban J connectivity index is 2.35. The van der Waals surface area contributed by atoms with Gasteiger partial charge in [-0.1, -0.05) is 11.6 Å². The van der Waals surface area contributed by atoms with Gasteiger partial charge in [0.25, 0.3) is 0 Å². The van der Waals surface area contributed by atoms with Crippen LogP contribution >= 0.6 is 11.6 Å². The van der Waals surface area contributed by atoms with E-state index in [2.05, 4.69) is 4.98 Å². The molecule has 0 fully saturated rings. The first-order valence-corrected chi connectivity index (χ1v) is 5.27. The number of rotatable bonds is 2. The molecule has 1 aromatic carbocycles. The number of pyridine rings is 1. The number of aryl methyl sites for hydroxylation is 1. The largest absolute Gasteiger partial charge is 0.289 e. The molecule has 2 aromatic rings. The molecule has 0 atom stereocenters. The van der Waals surface area contributed by atoms with E-state index in [4.69, 9.17) is 11.6 Å². The second-order valence-electron chi connectivity index (χ2n) is 3.52. The Kier molecular flexibility index (Phi) is 3.02. The van der Waals surface area contributed by atoms with E-state index < -0.39 is 0 Å². The van der Waals surface area contributed by atoms with Crippen LogP contribution in [0, 0.1) is 6.92 Å². The predicted octanol–water partition coefficient (Wildman–Crippen LogP) is 3.27. The van der Waals surface area contributed by atoms with Crippen LogP contribution < -0.4 is 0 Å². The average molecular weight is 232 g/mol. The van der Waals surface area contributed by atoms with Gasteiger partial charge in [0.1, 0.15) is 0 Å². The van der Waals surface area contributed by atoms with Gasteiger partial charge in [0.15, 0.2) is 5.78 Å². The fraction of sp³-hybridized carbons (Fsp3) is 0.0769. The Labute approximate surface area is 98.9 Å². The van der Waals surface area contributed by atoms with Crippen molar-refractivity contribution in [1.29, 1.82) is 0 Å². The third kappa shape index (κ3) is 2.28. The number of ketones is 1. The van der Waals surface area contributed by atoms with Crippen molar-refractivity contribution in [2.24, 2.45) is 0 Å². The summed E-state index contributed by atoms with van der Waals surface area (Å²) in [7, 11) is 0. The van der Waals surface area contributed by atoms with Gasteiger partial charge in [-0.15, -0.1) is 0 Å². The quantitative estimate of drug-likeness (QED) is 0.743. The van der Waals surface area contributed by atoms with Crippen molar-refractivity contribution in [3.63, 3.8) is 0 Å². The minimum atomic E-state index is -0.0119. The molecule has 1 heterocycles. The second kappa shape index (κ2) is 4.45. The molecule has 0 aliphatic heterocycles. The summed E-state index contributed by atoms with van der Waals surface area (Å²) >= 11 is 5.77. The van der Waals surface area contributed by atoms with E-state index in [0.717, 1.165) is 5.69 Å². The Hall–Kier alpha value is -1.67. The number of hydrogen-bond acceptors (Lipinski definition) is 2. The van der Waals surface area contributed by atoms with Gasteiger partial charge >= 0.3 is 0 Å². The maximum atomic E-state index is 12.0. The molecule has 0 saturated carbocycles. The van der Waals surface area contributed by atoms with Crippen LogP contribution in [-0.4, -0.2) is 10.8 Å². The fourth-order valence-corrected chi connectivity index (χ4v) is 1.58. The number of aromatic nitrogens is 1.